The van der Waals surface area contributed by atoms with Gasteiger partial charge in [-0.05, 0) is 65.8 Å². The summed E-state index contributed by atoms with van der Waals surface area (Å²) in [5.74, 6) is 0.112. The van der Waals surface area contributed by atoms with E-state index in [0.29, 0.717) is 17.0 Å². The summed E-state index contributed by atoms with van der Waals surface area (Å²) < 4.78 is 0.942. The average Bonchev–Trinajstić information content (AvgIpc) is 2.36. The Bertz CT molecular complexity index is 635. The third-order valence-corrected chi connectivity index (χ3v) is 4.26. The highest BCUT2D eigenvalue weighted by atomic mass is 127. The second kappa shape index (κ2) is 6.06. The van der Waals surface area contributed by atoms with Crippen molar-refractivity contribution in [2.24, 2.45) is 0 Å². The van der Waals surface area contributed by atoms with Crippen molar-refractivity contribution < 1.29 is 4.79 Å². The normalized spacial score (nSPS) is 10.5. The van der Waals surface area contributed by atoms with Crippen LogP contribution in [0.1, 0.15) is 27.0 Å². The molecule has 0 N–H and O–H groups in total. The minimum absolute atomic E-state index is 0.112. The average molecular weight is 385 g/mol. The molecule has 3 heteroatoms. The van der Waals surface area contributed by atoms with Crippen molar-refractivity contribution in [2.75, 3.05) is 0 Å². The second-order valence-corrected chi connectivity index (χ2v) is 6.25. The first-order valence-corrected chi connectivity index (χ1v) is 7.47. The van der Waals surface area contributed by atoms with Crippen molar-refractivity contribution in [2.45, 2.75) is 20.3 Å². The third kappa shape index (κ3) is 3.57. The maximum atomic E-state index is 12.4. The van der Waals surface area contributed by atoms with Gasteiger partial charge in [-0.3, -0.25) is 4.79 Å². The van der Waals surface area contributed by atoms with Crippen LogP contribution in [0.5, 0.6) is 0 Å². The Morgan fingerprint density at radius 3 is 2.63 bits per heavy atom. The lowest BCUT2D eigenvalue weighted by atomic mass is 9.98. The van der Waals surface area contributed by atoms with Gasteiger partial charge in [0.15, 0.2) is 5.78 Å². The van der Waals surface area contributed by atoms with Gasteiger partial charge in [0.1, 0.15) is 0 Å². The van der Waals surface area contributed by atoms with Crippen molar-refractivity contribution >= 4 is 40.0 Å². The highest BCUT2D eigenvalue weighted by Crippen LogP contribution is 2.21. The number of Topliss-reactive ketones (excluding diaryl/α,β-unsaturated/α-hetero) is 1. The standard InChI is InChI=1S/C16H14ClIO/c1-10-3-4-11(2)12(7-10)8-16(19)14-9-13(17)5-6-15(14)18/h3-7,9H,8H2,1-2H3. The molecule has 0 atom stereocenters. The monoisotopic (exact) mass is 384 g/mol. The molecule has 19 heavy (non-hydrogen) atoms. The Morgan fingerprint density at radius 1 is 1.16 bits per heavy atom. The number of aryl methyl sites for hydroxylation is 2. The number of carbonyl (C=O) groups excluding carboxylic acids is 1. The quantitative estimate of drug-likeness (QED) is 0.538. The molecule has 0 aliphatic carbocycles. The van der Waals surface area contributed by atoms with Crippen LogP contribution < -0.4 is 0 Å². The number of halogens is 2. The Morgan fingerprint density at radius 2 is 1.89 bits per heavy atom. The molecule has 2 aromatic carbocycles. The lowest BCUT2D eigenvalue weighted by Gasteiger charge is -2.08. The molecule has 0 aromatic heterocycles. The molecule has 0 heterocycles. The second-order valence-electron chi connectivity index (χ2n) is 4.65. The molecule has 1 nitrogen and oxygen atoms in total. The molecule has 0 spiro atoms. The van der Waals surface area contributed by atoms with E-state index in [2.05, 4.69) is 40.8 Å². The smallest absolute Gasteiger partial charge is 0.168 e. The zero-order valence-corrected chi connectivity index (χ0v) is 13.7. The zero-order valence-electron chi connectivity index (χ0n) is 10.8. The highest BCUT2D eigenvalue weighted by molar-refractivity contribution is 14.1. The van der Waals surface area contributed by atoms with E-state index in [4.69, 9.17) is 11.6 Å². The first-order chi connectivity index (χ1) is 8.97. The van der Waals surface area contributed by atoms with Gasteiger partial charge in [-0.1, -0.05) is 35.4 Å². The summed E-state index contributed by atoms with van der Waals surface area (Å²) in [6.45, 7) is 4.07. The number of carbonyl (C=O) groups is 1. The summed E-state index contributed by atoms with van der Waals surface area (Å²) in [6.07, 6.45) is 0.420. The lowest BCUT2D eigenvalue weighted by Crippen LogP contribution is -2.07. The lowest BCUT2D eigenvalue weighted by molar-refractivity contribution is 0.0992. The van der Waals surface area contributed by atoms with Crippen molar-refractivity contribution in [1.82, 2.24) is 0 Å². The summed E-state index contributed by atoms with van der Waals surface area (Å²) in [6, 6.07) is 11.6. The predicted octanol–water partition coefficient (Wildman–Crippen LogP) is 4.99. The summed E-state index contributed by atoms with van der Waals surface area (Å²) >= 11 is 8.14. The molecular formula is C16H14ClIO. The van der Waals surface area contributed by atoms with E-state index < -0.39 is 0 Å². The number of rotatable bonds is 3. The van der Waals surface area contributed by atoms with Crippen molar-refractivity contribution in [3.63, 3.8) is 0 Å². The van der Waals surface area contributed by atoms with Crippen LogP contribution in [0.15, 0.2) is 36.4 Å². The SMILES string of the molecule is Cc1ccc(C)c(CC(=O)c2cc(Cl)ccc2I)c1. The Kier molecular flexibility index (Phi) is 4.63. The number of ketones is 1. The van der Waals surface area contributed by atoms with E-state index in [1.165, 1.54) is 5.56 Å². The van der Waals surface area contributed by atoms with Gasteiger partial charge in [0.2, 0.25) is 0 Å². The highest BCUT2D eigenvalue weighted by Gasteiger charge is 2.12. The maximum Gasteiger partial charge on any atom is 0.168 e. The zero-order chi connectivity index (χ0) is 14.0. The summed E-state index contributed by atoms with van der Waals surface area (Å²) in [7, 11) is 0. The van der Waals surface area contributed by atoms with Gasteiger partial charge in [0.05, 0.1) is 0 Å². The van der Waals surface area contributed by atoms with E-state index in [1.54, 1.807) is 12.1 Å². The third-order valence-electron chi connectivity index (χ3n) is 3.08. The van der Waals surface area contributed by atoms with Crippen LogP contribution in [0, 0.1) is 17.4 Å². The van der Waals surface area contributed by atoms with Gasteiger partial charge in [-0.15, -0.1) is 0 Å². The van der Waals surface area contributed by atoms with Crippen molar-refractivity contribution in [1.29, 1.82) is 0 Å². The molecule has 2 aromatic rings. The molecule has 0 radical (unpaired) electrons. The molecule has 0 aliphatic rings. The Hall–Kier alpha value is -0.870. The van der Waals surface area contributed by atoms with Gasteiger partial charge in [0.25, 0.3) is 0 Å². The maximum absolute atomic E-state index is 12.4. The minimum atomic E-state index is 0.112. The minimum Gasteiger partial charge on any atom is -0.294 e. The van der Waals surface area contributed by atoms with Gasteiger partial charge in [0, 0.05) is 20.6 Å². The van der Waals surface area contributed by atoms with Crippen LogP contribution in [0.3, 0.4) is 0 Å². The fourth-order valence-corrected chi connectivity index (χ4v) is 2.78. The fourth-order valence-electron chi connectivity index (χ4n) is 1.97. The molecule has 98 valence electrons. The largest absolute Gasteiger partial charge is 0.294 e. The first kappa shape index (κ1) is 14.5. The Labute approximate surface area is 132 Å². The van der Waals surface area contributed by atoms with E-state index >= 15 is 0 Å². The van der Waals surface area contributed by atoms with Crippen LogP contribution in [0.4, 0.5) is 0 Å². The molecular weight excluding hydrogens is 371 g/mol. The van der Waals surface area contributed by atoms with Gasteiger partial charge in [-0.25, -0.2) is 0 Å². The van der Waals surface area contributed by atoms with E-state index in [9.17, 15) is 4.79 Å². The van der Waals surface area contributed by atoms with Crippen LogP contribution in [0.2, 0.25) is 5.02 Å². The van der Waals surface area contributed by atoms with Crippen LogP contribution in [-0.2, 0) is 6.42 Å². The molecule has 2 rings (SSSR count). The molecule has 0 saturated heterocycles. The van der Waals surface area contributed by atoms with Gasteiger partial charge >= 0.3 is 0 Å². The van der Waals surface area contributed by atoms with Crippen LogP contribution >= 0.6 is 34.2 Å². The molecule has 0 saturated carbocycles. The van der Waals surface area contributed by atoms with Crippen molar-refractivity contribution in [3.8, 4) is 0 Å². The van der Waals surface area contributed by atoms with Gasteiger partial charge in [-0.2, -0.15) is 0 Å². The van der Waals surface area contributed by atoms with E-state index in [-0.39, 0.29) is 5.78 Å². The summed E-state index contributed by atoms with van der Waals surface area (Å²) in [4.78, 5) is 12.4. The summed E-state index contributed by atoms with van der Waals surface area (Å²) in [5.41, 5.74) is 4.11. The number of benzene rings is 2. The van der Waals surface area contributed by atoms with Crippen LogP contribution in [-0.4, -0.2) is 5.78 Å². The van der Waals surface area contributed by atoms with Crippen molar-refractivity contribution in [3.05, 3.63) is 67.2 Å². The van der Waals surface area contributed by atoms with Gasteiger partial charge < -0.3 is 0 Å². The molecule has 0 unspecified atom stereocenters. The number of hydrogen-bond acceptors (Lipinski definition) is 1. The topological polar surface area (TPSA) is 17.1 Å². The Balaban J connectivity index is 2.30. The predicted molar refractivity (Wildman–Crippen MR) is 88.1 cm³/mol. The fraction of sp³-hybridized carbons (Fsp3) is 0.188. The number of hydrogen-bond donors (Lipinski definition) is 0. The molecule has 0 amide bonds. The molecule has 0 aliphatic heterocycles. The molecule has 0 fully saturated rings. The molecule has 0 bridgehead atoms. The summed E-state index contributed by atoms with van der Waals surface area (Å²) in [5, 5.41) is 0.602. The first-order valence-electron chi connectivity index (χ1n) is 6.02. The van der Waals surface area contributed by atoms with E-state index in [1.807, 2.05) is 19.9 Å². The van der Waals surface area contributed by atoms with E-state index in [0.717, 1.165) is 14.7 Å². The van der Waals surface area contributed by atoms with Crippen LogP contribution in [0.25, 0.3) is 0 Å².